The molecule has 0 N–H and O–H groups in total. The predicted octanol–water partition coefficient (Wildman–Crippen LogP) is 6.94. The number of benzene rings is 1. The molecule has 0 atom stereocenters. The van der Waals surface area contributed by atoms with Gasteiger partial charge in [-0.3, -0.25) is 4.79 Å². The summed E-state index contributed by atoms with van der Waals surface area (Å²) in [5, 5.41) is 0. The van der Waals surface area contributed by atoms with E-state index in [1.807, 2.05) is 6.07 Å². The van der Waals surface area contributed by atoms with Gasteiger partial charge in [-0.25, -0.2) is 0 Å². The summed E-state index contributed by atoms with van der Waals surface area (Å²) in [6.07, 6.45) is 20.6. The third-order valence-corrected chi connectivity index (χ3v) is 6.42. The van der Waals surface area contributed by atoms with Crippen molar-refractivity contribution >= 4 is 12.0 Å². The molecule has 1 aromatic rings. The summed E-state index contributed by atoms with van der Waals surface area (Å²) < 4.78 is 0. The number of amides is 1. The van der Waals surface area contributed by atoms with Crippen molar-refractivity contribution in [2.45, 2.75) is 90.4 Å². The van der Waals surface area contributed by atoms with Gasteiger partial charge >= 0.3 is 0 Å². The van der Waals surface area contributed by atoms with Crippen LogP contribution in [0, 0.1) is 0 Å². The molecule has 1 aliphatic rings. The Hall–Kier alpha value is -1.61. The number of carbonyl (C=O) groups excluding carboxylic acids is 1. The van der Waals surface area contributed by atoms with Crippen molar-refractivity contribution in [3.8, 4) is 0 Å². The zero-order chi connectivity index (χ0) is 22.0. The van der Waals surface area contributed by atoms with Crippen LogP contribution in [0.2, 0.25) is 0 Å². The van der Waals surface area contributed by atoms with E-state index in [-0.39, 0.29) is 0 Å². The van der Waals surface area contributed by atoms with E-state index in [0.717, 1.165) is 26.1 Å². The van der Waals surface area contributed by atoms with Crippen LogP contribution < -0.4 is 0 Å². The number of rotatable bonds is 16. The molecule has 3 nitrogen and oxygen atoms in total. The van der Waals surface area contributed by atoms with Crippen LogP contribution in [0.4, 0.5) is 0 Å². The lowest BCUT2D eigenvalue weighted by Gasteiger charge is -2.29. The van der Waals surface area contributed by atoms with E-state index >= 15 is 0 Å². The van der Waals surface area contributed by atoms with Gasteiger partial charge in [-0.15, -0.1) is 0 Å². The van der Waals surface area contributed by atoms with Gasteiger partial charge in [0.25, 0.3) is 0 Å². The fraction of sp³-hybridized carbons (Fsp3) is 0.679. The summed E-state index contributed by atoms with van der Waals surface area (Å²) in [7, 11) is 0. The van der Waals surface area contributed by atoms with E-state index < -0.39 is 0 Å². The Kier molecular flexibility index (Phi) is 14.1. The molecule has 0 saturated carbocycles. The van der Waals surface area contributed by atoms with E-state index in [1.165, 1.54) is 89.3 Å². The molecule has 2 rings (SSSR count). The quantitative estimate of drug-likeness (QED) is 0.267. The molecule has 1 fully saturated rings. The highest BCUT2D eigenvalue weighted by Gasteiger charge is 2.15. The minimum absolute atomic E-state index is 0.331. The first-order valence-electron chi connectivity index (χ1n) is 13.0. The molecule has 0 aliphatic carbocycles. The lowest BCUT2D eigenvalue weighted by Crippen LogP contribution is -2.40. The average molecular weight is 427 g/mol. The van der Waals surface area contributed by atoms with Gasteiger partial charge in [0.1, 0.15) is 0 Å². The number of unbranched alkanes of at least 4 members (excludes halogenated alkanes) is 8. The van der Waals surface area contributed by atoms with E-state index in [4.69, 9.17) is 0 Å². The first kappa shape index (κ1) is 25.6. The number of likely N-dealkylation sites (tertiary alicyclic amines) is 1. The SMILES string of the molecule is CCCCCCCCCCCC(=O)N(C/C=C/c1ccccc1)CCN1CCCCC1. The second-order valence-corrected chi connectivity index (χ2v) is 9.13. The monoisotopic (exact) mass is 426 g/mol. The summed E-state index contributed by atoms with van der Waals surface area (Å²) in [6.45, 7) is 7.25. The summed E-state index contributed by atoms with van der Waals surface area (Å²) in [4.78, 5) is 17.6. The van der Waals surface area contributed by atoms with Crippen LogP contribution in [0.1, 0.15) is 96.0 Å². The third-order valence-electron chi connectivity index (χ3n) is 6.42. The van der Waals surface area contributed by atoms with Crippen molar-refractivity contribution in [2.24, 2.45) is 0 Å². The highest BCUT2D eigenvalue weighted by atomic mass is 16.2. The zero-order valence-corrected chi connectivity index (χ0v) is 20.1. The largest absolute Gasteiger partial charge is 0.338 e. The summed E-state index contributed by atoms with van der Waals surface area (Å²) in [5.74, 6) is 0.331. The Bertz CT molecular complexity index is 592. The molecule has 1 saturated heterocycles. The van der Waals surface area contributed by atoms with E-state index in [1.54, 1.807) is 0 Å². The molecule has 3 heteroatoms. The molecule has 174 valence electrons. The Morgan fingerprint density at radius 2 is 1.55 bits per heavy atom. The Morgan fingerprint density at radius 1 is 0.903 bits per heavy atom. The number of hydrogen-bond acceptors (Lipinski definition) is 2. The van der Waals surface area contributed by atoms with Gasteiger partial charge in [-0.2, -0.15) is 0 Å². The molecule has 31 heavy (non-hydrogen) atoms. The number of hydrogen-bond donors (Lipinski definition) is 0. The second kappa shape index (κ2) is 17.0. The maximum Gasteiger partial charge on any atom is 0.222 e. The molecule has 0 aromatic heterocycles. The lowest BCUT2D eigenvalue weighted by molar-refractivity contribution is -0.131. The number of nitrogens with zero attached hydrogens (tertiary/aromatic N) is 2. The normalized spacial score (nSPS) is 14.9. The minimum Gasteiger partial charge on any atom is -0.338 e. The van der Waals surface area contributed by atoms with Gasteiger partial charge in [-0.05, 0) is 37.9 Å². The van der Waals surface area contributed by atoms with Gasteiger partial charge < -0.3 is 9.80 Å². The van der Waals surface area contributed by atoms with Gasteiger partial charge in [0.05, 0.1) is 0 Å². The fourth-order valence-corrected chi connectivity index (χ4v) is 4.39. The zero-order valence-electron chi connectivity index (χ0n) is 20.1. The Labute approximate surface area is 191 Å². The Balaban J connectivity index is 1.70. The van der Waals surface area contributed by atoms with Gasteiger partial charge in [0.2, 0.25) is 5.91 Å². The van der Waals surface area contributed by atoms with Crippen LogP contribution in [0.25, 0.3) is 6.08 Å². The van der Waals surface area contributed by atoms with Crippen LogP contribution in [0.3, 0.4) is 0 Å². The van der Waals surface area contributed by atoms with Gasteiger partial charge in [-0.1, -0.05) is 107 Å². The predicted molar refractivity (Wildman–Crippen MR) is 134 cm³/mol. The molecule has 1 aliphatic heterocycles. The maximum atomic E-state index is 12.9. The van der Waals surface area contributed by atoms with E-state index in [0.29, 0.717) is 12.3 Å². The molecule has 1 heterocycles. The summed E-state index contributed by atoms with van der Waals surface area (Å²) in [6, 6.07) is 10.4. The minimum atomic E-state index is 0.331. The van der Waals surface area contributed by atoms with Crippen molar-refractivity contribution in [3.63, 3.8) is 0 Å². The van der Waals surface area contributed by atoms with Crippen LogP contribution >= 0.6 is 0 Å². The van der Waals surface area contributed by atoms with Crippen LogP contribution in [0.15, 0.2) is 36.4 Å². The summed E-state index contributed by atoms with van der Waals surface area (Å²) >= 11 is 0. The highest BCUT2D eigenvalue weighted by molar-refractivity contribution is 5.76. The number of carbonyl (C=O) groups is 1. The van der Waals surface area contributed by atoms with Gasteiger partial charge in [0, 0.05) is 26.1 Å². The smallest absolute Gasteiger partial charge is 0.222 e. The van der Waals surface area contributed by atoms with Crippen molar-refractivity contribution in [3.05, 3.63) is 42.0 Å². The van der Waals surface area contributed by atoms with Gasteiger partial charge in [0.15, 0.2) is 0 Å². The molecular formula is C28H46N2O. The Morgan fingerprint density at radius 3 is 2.23 bits per heavy atom. The molecular weight excluding hydrogens is 380 g/mol. The molecule has 0 radical (unpaired) electrons. The standard InChI is InChI=1S/C28H46N2O/c1-2-3-4-5-6-7-8-9-14-21-28(31)30(26-25-29-22-15-11-16-23-29)24-17-20-27-18-12-10-13-19-27/h10,12-13,17-20H,2-9,11,14-16,21-26H2,1H3/b20-17+. The van der Waals surface area contributed by atoms with E-state index in [9.17, 15) is 4.79 Å². The molecule has 0 bridgehead atoms. The second-order valence-electron chi connectivity index (χ2n) is 9.13. The van der Waals surface area contributed by atoms with Crippen LogP contribution in [-0.4, -0.2) is 48.4 Å². The molecule has 0 unspecified atom stereocenters. The van der Waals surface area contributed by atoms with Crippen LogP contribution in [-0.2, 0) is 4.79 Å². The van der Waals surface area contributed by atoms with Crippen molar-refractivity contribution < 1.29 is 4.79 Å². The van der Waals surface area contributed by atoms with Crippen molar-refractivity contribution in [2.75, 3.05) is 32.7 Å². The maximum absolute atomic E-state index is 12.9. The molecule has 1 aromatic carbocycles. The average Bonchev–Trinajstić information content (AvgIpc) is 2.81. The fourth-order valence-electron chi connectivity index (χ4n) is 4.39. The first-order chi connectivity index (χ1) is 15.3. The summed E-state index contributed by atoms with van der Waals surface area (Å²) in [5.41, 5.74) is 1.20. The topological polar surface area (TPSA) is 23.6 Å². The van der Waals surface area contributed by atoms with E-state index in [2.05, 4.69) is 53.1 Å². The lowest BCUT2D eigenvalue weighted by atomic mass is 10.1. The first-order valence-corrected chi connectivity index (χ1v) is 13.0. The molecule has 0 spiro atoms. The third kappa shape index (κ3) is 12.1. The van der Waals surface area contributed by atoms with Crippen molar-refractivity contribution in [1.29, 1.82) is 0 Å². The molecule has 1 amide bonds. The van der Waals surface area contributed by atoms with Crippen LogP contribution in [0.5, 0.6) is 0 Å². The number of piperidine rings is 1. The highest BCUT2D eigenvalue weighted by Crippen LogP contribution is 2.12. The van der Waals surface area contributed by atoms with Crippen molar-refractivity contribution in [1.82, 2.24) is 9.80 Å².